The van der Waals surface area contributed by atoms with E-state index in [1.54, 1.807) is 12.1 Å². The smallest absolute Gasteiger partial charge is 0.270 e. The normalized spacial score (nSPS) is 21.6. The summed E-state index contributed by atoms with van der Waals surface area (Å²) in [5, 5.41) is 14.9. The standard InChI is InChI=1S/C19H25N5O4/c25-24(26)16-5-1-4-15(12-16)19-20-18(28-21-19)14-23-8-3-7-22(9-10-23)13-17-6-2-11-27-17/h1,4-5,12,17H,2-3,6-11,13-14H2. The highest BCUT2D eigenvalue weighted by molar-refractivity contribution is 5.58. The molecule has 0 amide bonds. The Balaban J connectivity index is 1.33. The van der Waals surface area contributed by atoms with Gasteiger partial charge in [0, 0.05) is 43.9 Å². The zero-order valence-electron chi connectivity index (χ0n) is 15.8. The Morgan fingerprint density at radius 3 is 2.86 bits per heavy atom. The van der Waals surface area contributed by atoms with Gasteiger partial charge in [-0.2, -0.15) is 4.98 Å². The van der Waals surface area contributed by atoms with Gasteiger partial charge in [0.25, 0.3) is 5.69 Å². The lowest BCUT2D eigenvalue weighted by Crippen LogP contribution is -2.35. The molecule has 2 fully saturated rings. The van der Waals surface area contributed by atoms with Gasteiger partial charge in [0.1, 0.15) is 0 Å². The molecule has 9 nitrogen and oxygen atoms in total. The van der Waals surface area contributed by atoms with Crippen molar-refractivity contribution >= 4 is 5.69 Å². The number of hydrogen-bond acceptors (Lipinski definition) is 8. The predicted molar refractivity (Wildman–Crippen MR) is 102 cm³/mol. The summed E-state index contributed by atoms with van der Waals surface area (Å²) in [7, 11) is 0. The molecule has 2 saturated heterocycles. The van der Waals surface area contributed by atoms with Gasteiger partial charge in [-0.15, -0.1) is 0 Å². The Hall–Kier alpha value is -2.36. The van der Waals surface area contributed by atoms with E-state index < -0.39 is 4.92 Å². The van der Waals surface area contributed by atoms with Gasteiger partial charge in [-0.05, 0) is 32.4 Å². The fourth-order valence-electron chi connectivity index (χ4n) is 3.83. The molecule has 0 bridgehead atoms. The van der Waals surface area contributed by atoms with Crippen LogP contribution in [0, 0.1) is 10.1 Å². The first kappa shape index (κ1) is 19.0. The Bertz CT molecular complexity index is 805. The van der Waals surface area contributed by atoms with Gasteiger partial charge in [-0.3, -0.25) is 19.9 Å². The summed E-state index contributed by atoms with van der Waals surface area (Å²) in [6, 6.07) is 6.28. The molecule has 1 aromatic carbocycles. The lowest BCUT2D eigenvalue weighted by Gasteiger charge is -2.23. The molecule has 0 radical (unpaired) electrons. The first-order chi connectivity index (χ1) is 13.7. The van der Waals surface area contributed by atoms with Crippen LogP contribution in [-0.2, 0) is 11.3 Å². The van der Waals surface area contributed by atoms with E-state index in [2.05, 4.69) is 19.9 Å². The van der Waals surface area contributed by atoms with Gasteiger partial charge in [0.2, 0.25) is 11.7 Å². The van der Waals surface area contributed by atoms with Crippen molar-refractivity contribution in [2.75, 3.05) is 39.3 Å². The molecule has 2 aromatic rings. The molecule has 9 heteroatoms. The molecule has 2 aliphatic heterocycles. The van der Waals surface area contributed by atoms with Gasteiger partial charge in [0.15, 0.2) is 0 Å². The first-order valence-corrected chi connectivity index (χ1v) is 9.81. The van der Waals surface area contributed by atoms with Crippen molar-refractivity contribution in [2.45, 2.75) is 31.9 Å². The second-order valence-corrected chi connectivity index (χ2v) is 7.38. The largest absolute Gasteiger partial charge is 0.377 e. The molecule has 150 valence electrons. The quantitative estimate of drug-likeness (QED) is 0.550. The molecule has 0 spiro atoms. The number of non-ortho nitro benzene ring substituents is 1. The molecule has 4 rings (SSSR count). The number of nitro benzene ring substituents is 1. The lowest BCUT2D eigenvalue weighted by molar-refractivity contribution is -0.384. The Kier molecular flexibility index (Phi) is 5.94. The summed E-state index contributed by atoms with van der Waals surface area (Å²) in [4.78, 5) is 19.8. The summed E-state index contributed by atoms with van der Waals surface area (Å²) < 4.78 is 11.1. The maximum atomic E-state index is 10.9. The van der Waals surface area contributed by atoms with E-state index in [4.69, 9.17) is 9.26 Å². The van der Waals surface area contributed by atoms with Crippen LogP contribution in [0.5, 0.6) is 0 Å². The summed E-state index contributed by atoms with van der Waals surface area (Å²) >= 11 is 0. The first-order valence-electron chi connectivity index (χ1n) is 9.81. The number of nitrogens with zero attached hydrogens (tertiary/aromatic N) is 5. The molecule has 2 aliphatic rings. The lowest BCUT2D eigenvalue weighted by atomic mass is 10.2. The average molecular weight is 387 g/mol. The van der Waals surface area contributed by atoms with Gasteiger partial charge < -0.3 is 9.26 Å². The van der Waals surface area contributed by atoms with Crippen LogP contribution in [-0.4, -0.2) is 70.3 Å². The van der Waals surface area contributed by atoms with Crippen molar-refractivity contribution in [3.63, 3.8) is 0 Å². The third-order valence-electron chi connectivity index (χ3n) is 5.31. The minimum atomic E-state index is -0.426. The van der Waals surface area contributed by atoms with Crippen LogP contribution in [0.4, 0.5) is 5.69 Å². The van der Waals surface area contributed by atoms with E-state index in [0.717, 1.165) is 45.8 Å². The highest BCUT2D eigenvalue weighted by Gasteiger charge is 2.22. The highest BCUT2D eigenvalue weighted by Crippen LogP contribution is 2.22. The Morgan fingerprint density at radius 1 is 1.18 bits per heavy atom. The highest BCUT2D eigenvalue weighted by atomic mass is 16.6. The van der Waals surface area contributed by atoms with Crippen LogP contribution in [0.2, 0.25) is 0 Å². The summed E-state index contributed by atoms with van der Waals surface area (Å²) in [6.07, 6.45) is 3.83. The van der Waals surface area contributed by atoms with E-state index in [0.29, 0.717) is 29.9 Å². The third-order valence-corrected chi connectivity index (χ3v) is 5.31. The molecule has 28 heavy (non-hydrogen) atoms. The van der Waals surface area contributed by atoms with Crippen LogP contribution < -0.4 is 0 Å². The molecule has 1 atom stereocenters. The third kappa shape index (κ3) is 4.73. The van der Waals surface area contributed by atoms with Gasteiger partial charge in [-0.1, -0.05) is 17.3 Å². The second-order valence-electron chi connectivity index (χ2n) is 7.38. The Morgan fingerprint density at radius 2 is 2.04 bits per heavy atom. The van der Waals surface area contributed by atoms with E-state index in [1.165, 1.54) is 25.0 Å². The molecule has 0 aliphatic carbocycles. The number of rotatable bonds is 6. The van der Waals surface area contributed by atoms with E-state index in [9.17, 15) is 10.1 Å². The summed E-state index contributed by atoms with van der Waals surface area (Å²) in [5.41, 5.74) is 0.602. The van der Waals surface area contributed by atoms with Crippen molar-refractivity contribution in [3.05, 3.63) is 40.3 Å². The molecule has 1 unspecified atom stereocenters. The van der Waals surface area contributed by atoms with Crippen LogP contribution in [0.3, 0.4) is 0 Å². The van der Waals surface area contributed by atoms with Crippen molar-refractivity contribution in [2.24, 2.45) is 0 Å². The number of hydrogen-bond donors (Lipinski definition) is 0. The number of ether oxygens (including phenoxy) is 1. The van der Waals surface area contributed by atoms with Gasteiger partial charge in [-0.25, -0.2) is 0 Å². The maximum absolute atomic E-state index is 10.9. The predicted octanol–water partition coefficient (Wildman–Crippen LogP) is 2.33. The molecule has 1 aromatic heterocycles. The zero-order valence-corrected chi connectivity index (χ0v) is 15.8. The van der Waals surface area contributed by atoms with E-state index in [-0.39, 0.29) is 5.69 Å². The summed E-state index contributed by atoms with van der Waals surface area (Å²) in [5.74, 6) is 0.919. The van der Waals surface area contributed by atoms with Crippen molar-refractivity contribution in [3.8, 4) is 11.4 Å². The number of benzene rings is 1. The second kappa shape index (κ2) is 8.76. The SMILES string of the molecule is O=[N+]([O-])c1cccc(-c2noc(CN3CCCN(CC4CCCO4)CC3)n2)c1. The van der Waals surface area contributed by atoms with Crippen LogP contribution in [0.25, 0.3) is 11.4 Å². The average Bonchev–Trinajstić information content (AvgIpc) is 3.33. The van der Waals surface area contributed by atoms with Gasteiger partial charge in [0.05, 0.1) is 17.6 Å². The molecule has 3 heterocycles. The van der Waals surface area contributed by atoms with Crippen LogP contribution in [0.1, 0.15) is 25.2 Å². The minimum Gasteiger partial charge on any atom is -0.377 e. The van der Waals surface area contributed by atoms with E-state index in [1.807, 2.05) is 0 Å². The summed E-state index contributed by atoms with van der Waals surface area (Å²) in [6.45, 7) is 6.53. The van der Waals surface area contributed by atoms with Crippen molar-refractivity contribution in [1.29, 1.82) is 0 Å². The zero-order chi connectivity index (χ0) is 19.3. The minimum absolute atomic E-state index is 0.0164. The molecular weight excluding hydrogens is 362 g/mol. The topological polar surface area (TPSA) is 97.8 Å². The van der Waals surface area contributed by atoms with Crippen molar-refractivity contribution in [1.82, 2.24) is 19.9 Å². The molecule has 0 N–H and O–H groups in total. The van der Waals surface area contributed by atoms with Gasteiger partial charge >= 0.3 is 0 Å². The molecular formula is C19H25N5O4. The number of nitro groups is 1. The van der Waals surface area contributed by atoms with Crippen LogP contribution >= 0.6 is 0 Å². The van der Waals surface area contributed by atoms with Crippen LogP contribution in [0.15, 0.2) is 28.8 Å². The molecule has 0 saturated carbocycles. The van der Waals surface area contributed by atoms with Crippen molar-refractivity contribution < 1.29 is 14.2 Å². The monoisotopic (exact) mass is 387 g/mol. The Labute approximate surface area is 163 Å². The number of aromatic nitrogens is 2. The fourth-order valence-corrected chi connectivity index (χ4v) is 3.83. The maximum Gasteiger partial charge on any atom is 0.270 e. The van der Waals surface area contributed by atoms with E-state index >= 15 is 0 Å². The fraction of sp³-hybridized carbons (Fsp3) is 0.579.